The number of hydrogen-bond donors (Lipinski definition) is 1. The number of nitrogens with zero attached hydrogens (tertiary/aromatic N) is 1. The van der Waals surface area contributed by atoms with E-state index in [1.165, 1.54) is 0 Å². The van der Waals surface area contributed by atoms with E-state index in [0.29, 0.717) is 39.8 Å². The van der Waals surface area contributed by atoms with Crippen molar-refractivity contribution in [1.82, 2.24) is 10.2 Å². The van der Waals surface area contributed by atoms with Gasteiger partial charge in [-0.25, -0.2) is 0 Å². The standard InChI is InChI=1S/C20H21ClN2O3S/c1-12(2)10-23-19(24)18(22-20(23)27)9-15-4-5-16(26-15)11-25-14-6-7-17(21)13(3)8-14/h4-9,12H,10-11H2,1-3H3,(H,22,27)/b18-9+. The van der Waals surface area contributed by atoms with Crippen LogP contribution in [0.5, 0.6) is 5.75 Å². The number of ether oxygens (including phenoxy) is 1. The zero-order valence-corrected chi connectivity index (χ0v) is 17.0. The number of amides is 1. The molecule has 1 aliphatic rings. The van der Waals surface area contributed by atoms with Crippen LogP contribution in [-0.4, -0.2) is 22.5 Å². The van der Waals surface area contributed by atoms with Crippen LogP contribution in [0.2, 0.25) is 5.02 Å². The Morgan fingerprint density at radius 2 is 2.11 bits per heavy atom. The summed E-state index contributed by atoms with van der Waals surface area (Å²) in [4.78, 5) is 14.0. The first-order chi connectivity index (χ1) is 12.8. The summed E-state index contributed by atoms with van der Waals surface area (Å²) in [5.74, 6) is 2.12. The molecule has 0 unspecified atom stereocenters. The second kappa shape index (κ2) is 8.15. The zero-order valence-electron chi connectivity index (χ0n) is 15.4. The normalized spacial score (nSPS) is 15.7. The van der Waals surface area contributed by atoms with Crippen LogP contribution in [0.4, 0.5) is 0 Å². The van der Waals surface area contributed by atoms with Gasteiger partial charge in [0.25, 0.3) is 5.91 Å². The van der Waals surface area contributed by atoms with Crippen molar-refractivity contribution in [2.45, 2.75) is 27.4 Å². The summed E-state index contributed by atoms with van der Waals surface area (Å²) >= 11 is 11.3. The van der Waals surface area contributed by atoms with E-state index in [2.05, 4.69) is 5.32 Å². The molecule has 0 saturated carbocycles. The topological polar surface area (TPSA) is 54.7 Å². The Hall–Kier alpha value is -2.31. The van der Waals surface area contributed by atoms with E-state index in [1.54, 1.807) is 23.1 Å². The van der Waals surface area contributed by atoms with Crippen LogP contribution in [0.1, 0.15) is 30.9 Å². The minimum absolute atomic E-state index is 0.139. The number of carbonyl (C=O) groups excluding carboxylic acids is 1. The second-order valence-electron chi connectivity index (χ2n) is 6.80. The molecule has 5 nitrogen and oxygen atoms in total. The average Bonchev–Trinajstić information content (AvgIpc) is 3.16. The third-order valence-corrected chi connectivity index (χ3v) is 4.74. The summed E-state index contributed by atoms with van der Waals surface area (Å²) in [5, 5.41) is 4.08. The Balaban J connectivity index is 1.65. The van der Waals surface area contributed by atoms with Crippen LogP contribution in [0.3, 0.4) is 0 Å². The Bertz CT molecular complexity index is 904. The third-order valence-electron chi connectivity index (χ3n) is 3.99. The van der Waals surface area contributed by atoms with Crippen molar-refractivity contribution in [3.8, 4) is 5.75 Å². The number of rotatable bonds is 6. The Morgan fingerprint density at radius 3 is 2.81 bits per heavy atom. The smallest absolute Gasteiger partial charge is 0.276 e. The number of carbonyl (C=O) groups is 1. The van der Waals surface area contributed by atoms with Gasteiger partial charge in [0.2, 0.25) is 0 Å². The van der Waals surface area contributed by atoms with E-state index in [4.69, 9.17) is 33.0 Å². The molecular weight excluding hydrogens is 384 g/mol. The van der Waals surface area contributed by atoms with Crippen LogP contribution in [0.25, 0.3) is 6.08 Å². The average molecular weight is 405 g/mol. The van der Waals surface area contributed by atoms with Gasteiger partial charge in [0.1, 0.15) is 29.6 Å². The monoisotopic (exact) mass is 404 g/mol. The highest BCUT2D eigenvalue weighted by molar-refractivity contribution is 7.80. The predicted molar refractivity (Wildman–Crippen MR) is 109 cm³/mol. The van der Waals surface area contributed by atoms with E-state index in [9.17, 15) is 4.79 Å². The molecule has 3 rings (SSSR count). The number of aryl methyl sites for hydroxylation is 1. The van der Waals surface area contributed by atoms with Crippen LogP contribution in [-0.2, 0) is 11.4 Å². The van der Waals surface area contributed by atoms with Crippen molar-refractivity contribution >= 4 is 40.9 Å². The highest BCUT2D eigenvalue weighted by atomic mass is 35.5. The lowest BCUT2D eigenvalue weighted by Gasteiger charge is -2.15. The van der Waals surface area contributed by atoms with Gasteiger partial charge in [-0.3, -0.25) is 9.69 Å². The molecule has 1 saturated heterocycles. The maximum Gasteiger partial charge on any atom is 0.276 e. The van der Waals surface area contributed by atoms with Crippen molar-refractivity contribution in [3.63, 3.8) is 0 Å². The van der Waals surface area contributed by atoms with Crippen molar-refractivity contribution in [2.24, 2.45) is 5.92 Å². The molecule has 0 bridgehead atoms. The Labute approximate surface area is 168 Å². The number of thiocarbonyl (C=S) groups is 1. The van der Waals surface area contributed by atoms with Crippen LogP contribution < -0.4 is 10.1 Å². The fraction of sp³-hybridized carbons (Fsp3) is 0.300. The molecule has 142 valence electrons. The summed E-state index contributed by atoms with van der Waals surface area (Å²) < 4.78 is 11.5. The fourth-order valence-electron chi connectivity index (χ4n) is 2.66. The zero-order chi connectivity index (χ0) is 19.6. The number of furan rings is 1. The first-order valence-electron chi connectivity index (χ1n) is 8.65. The molecule has 1 aromatic carbocycles. The Morgan fingerprint density at radius 1 is 1.33 bits per heavy atom. The minimum Gasteiger partial charge on any atom is -0.486 e. The molecule has 1 amide bonds. The van der Waals surface area contributed by atoms with Gasteiger partial charge in [0.15, 0.2) is 5.11 Å². The lowest BCUT2D eigenvalue weighted by Crippen LogP contribution is -2.33. The van der Waals surface area contributed by atoms with E-state index in [1.807, 2.05) is 39.0 Å². The molecule has 1 N–H and O–H groups in total. The molecule has 1 aliphatic heterocycles. The van der Waals surface area contributed by atoms with Gasteiger partial charge in [-0.1, -0.05) is 25.4 Å². The van der Waals surface area contributed by atoms with Crippen molar-refractivity contribution < 1.29 is 13.9 Å². The maximum atomic E-state index is 12.5. The molecule has 27 heavy (non-hydrogen) atoms. The molecular formula is C20H21ClN2O3S. The lowest BCUT2D eigenvalue weighted by molar-refractivity contribution is -0.122. The predicted octanol–water partition coefficient (Wildman–Crippen LogP) is 4.53. The first kappa shape index (κ1) is 19.5. The lowest BCUT2D eigenvalue weighted by atomic mass is 10.2. The van der Waals surface area contributed by atoms with Crippen LogP contribution >= 0.6 is 23.8 Å². The van der Waals surface area contributed by atoms with Crippen molar-refractivity contribution in [3.05, 3.63) is 58.1 Å². The summed E-state index contributed by atoms with van der Waals surface area (Å²) in [6.07, 6.45) is 1.66. The van der Waals surface area contributed by atoms with Crippen LogP contribution in [0, 0.1) is 12.8 Å². The number of benzene rings is 1. The number of halogens is 1. The van der Waals surface area contributed by atoms with E-state index >= 15 is 0 Å². The van der Waals surface area contributed by atoms with Crippen molar-refractivity contribution in [1.29, 1.82) is 0 Å². The summed E-state index contributed by atoms with van der Waals surface area (Å²) in [5.41, 5.74) is 1.36. The summed E-state index contributed by atoms with van der Waals surface area (Å²) in [6, 6.07) is 9.10. The van der Waals surface area contributed by atoms with Gasteiger partial charge < -0.3 is 14.5 Å². The molecule has 0 atom stereocenters. The molecule has 7 heteroatoms. The number of hydrogen-bond acceptors (Lipinski definition) is 4. The van der Waals surface area contributed by atoms with Gasteiger partial charge in [-0.15, -0.1) is 0 Å². The molecule has 0 spiro atoms. The van der Waals surface area contributed by atoms with Gasteiger partial charge >= 0.3 is 0 Å². The van der Waals surface area contributed by atoms with Crippen molar-refractivity contribution in [2.75, 3.05) is 6.54 Å². The number of nitrogens with one attached hydrogen (secondary N) is 1. The van der Waals surface area contributed by atoms with E-state index in [0.717, 1.165) is 11.3 Å². The summed E-state index contributed by atoms with van der Waals surface area (Å²) in [6.45, 7) is 6.87. The molecule has 2 heterocycles. The molecule has 1 aromatic heterocycles. The molecule has 2 aromatic rings. The molecule has 1 fully saturated rings. The first-order valence-corrected chi connectivity index (χ1v) is 9.44. The quantitative estimate of drug-likeness (QED) is 0.566. The highest BCUT2D eigenvalue weighted by Gasteiger charge is 2.31. The molecule has 0 radical (unpaired) electrons. The highest BCUT2D eigenvalue weighted by Crippen LogP contribution is 2.23. The maximum absolute atomic E-state index is 12.5. The largest absolute Gasteiger partial charge is 0.486 e. The Kier molecular flexibility index (Phi) is 5.87. The van der Waals surface area contributed by atoms with Gasteiger partial charge in [-0.05, 0) is 61.0 Å². The SMILES string of the molecule is Cc1cc(OCc2ccc(/C=C3/NC(=S)N(CC(C)C)C3=O)o2)ccc1Cl. The minimum atomic E-state index is -0.139. The second-order valence-corrected chi connectivity index (χ2v) is 7.60. The van der Waals surface area contributed by atoms with Gasteiger partial charge in [-0.2, -0.15) is 0 Å². The van der Waals surface area contributed by atoms with Gasteiger partial charge in [0, 0.05) is 17.6 Å². The third kappa shape index (κ3) is 4.70. The molecule has 0 aliphatic carbocycles. The van der Waals surface area contributed by atoms with Gasteiger partial charge in [0.05, 0.1) is 0 Å². The fourth-order valence-corrected chi connectivity index (χ4v) is 3.04. The van der Waals surface area contributed by atoms with Crippen LogP contribution in [0.15, 0.2) is 40.4 Å². The summed E-state index contributed by atoms with van der Waals surface area (Å²) in [7, 11) is 0. The van der Waals surface area contributed by atoms with E-state index < -0.39 is 0 Å². The van der Waals surface area contributed by atoms with E-state index in [-0.39, 0.29) is 12.5 Å².